The summed E-state index contributed by atoms with van der Waals surface area (Å²) in [6.45, 7) is 1.95. The lowest BCUT2D eigenvalue weighted by Crippen LogP contribution is -2.15. The molecule has 5 heteroatoms. The van der Waals surface area contributed by atoms with Gasteiger partial charge in [0.1, 0.15) is 5.82 Å². The highest BCUT2D eigenvalue weighted by molar-refractivity contribution is 9.10. The van der Waals surface area contributed by atoms with Crippen molar-refractivity contribution >= 4 is 27.5 Å². The fraction of sp³-hybridized carbons (Fsp3) is 0.167. The average molecular weight is 294 g/mol. The van der Waals surface area contributed by atoms with E-state index in [9.17, 15) is 4.79 Å². The SMILES string of the molecule is Cc1c(Br)cccc1NC(=O)Cc1ncc[nH]1. The maximum atomic E-state index is 11.8. The number of nitrogens with zero attached hydrogens (tertiary/aromatic N) is 1. The molecule has 0 aliphatic rings. The molecule has 0 aliphatic heterocycles. The lowest BCUT2D eigenvalue weighted by molar-refractivity contribution is -0.115. The quantitative estimate of drug-likeness (QED) is 0.914. The number of rotatable bonds is 3. The Morgan fingerprint density at radius 2 is 2.35 bits per heavy atom. The number of benzene rings is 1. The molecule has 0 fully saturated rings. The van der Waals surface area contributed by atoms with Crippen LogP contribution in [0.3, 0.4) is 0 Å². The van der Waals surface area contributed by atoms with Crippen molar-refractivity contribution in [2.75, 3.05) is 5.32 Å². The summed E-state index contributed by atoms with van der Waals surface area (Å²) < 4.78 is 0.980. The van der Waals surface area contributed by atoms with Crippen LogP contribution in [0.5, 0.6) is 0 Å². The summed E-state index contributed by atoms with van der Waals surface area (Å²) in [6.07, 6.45) is 3.58. The Morgan fingerprint density at radius 1 is 1.53 bits per heavy atom. The van der Waals surface area contributed by atoms with Crippen molar-refractivity contribution in [1.29, 1.82) is 0 Å². The third-order valence-electron chi connectivity index (χ3n) is 2.42. The Hall–Kier alpha value is -1.62. The summed E-state index contributed by atoms with van der Waals surface area (Å²) in [5.41, 5.74) is 1.83. The van der Waals surface area contributed by atoms with Crippen molar-refractivity contribution < 1.29 is 4.79 Å². The Morgan fingerprint density at radius 3 is 3.06 bits per heavy atom. The van der Waals surface area contributed by atoms with E-state index in [4.69, 9.17) is 0 Å². The van der Waals surface area contributed by atoms with Crippen LogP contribution in [-0.4, -0.2) is 15.9 Å². The summed E-state index contributed by atoms with van der Waals surface area (Å²) in [6, 6.07) is 5.71. The number of hydrogen-bond donors (Lipinski definition) is 2. The largest absolute Gasteiger partial charge is 0.348 e. The molecule has 0 spiro atoms. The highest BCUT2D eigenvalue weighted by atomic mass is 79.9. The lowest BCUT2D eigenvalue weighted by atomic mass is 10.2. The van der Waals surface area contributed by atoms with Crippen molar-refractivity contribution in [3.05, 3.63) is 46.5 Å². The van der Waals surface area contributed by atoms with Crippen molar-refractivity contribution in [1.82, 2.24) is 9.97 Å². The Labute approximate surface area is 108 Å². The summed E-state index contributed by atoms with van der Waals surface area (Å²) >= 11 is 3.43. The Kier molecular flexibility index (Phi) is 3.58. The standard InChI is InChI=1S/C12H12BrN3O/c1-8-9(13)3-2-4-10(8)16-12(17)7-11-14-5-6-15-11/h2-6H,7H2,1H3,(H,14,15)(H,16,17). The van der Waals surface area contributed by atoms with Gasteiger partial charge in [0, 0.05) is 22.6 Å². The second-order valence-corrected chi connectivity index (χ2v) is 4.53. The first-order chi connectivity index (χ1) is 8.16. The molecule has 1 aromatic heterocycles. The number of carbonyl (C=O) groups excluding carboxylic acids is 1. The van der Waals surface area contributed by atoms with Crippen molar-refractivity contribution in [3.63, 3.8) is 0 Å². The van der Waals surface area contributed by atoms with Gasteiger partial charge in [-0.1, -0.05) is 22.0 Å². The van der Waals surface area contributed by atoms with E-state index in [1.54, 1.807) is 12.4 Å². The van der Waals surface area contributed by atoms with E-state index in [0.717, 1.165) is 15.7 Å². The minimum absolute atomic E-state index is 0.0823. The molecule has 0 unspecified atom stereocenters. The van der Waals surface area contributed by atoms with Crippen LogP contribution >= 0.6 is 15.9 Å². The second kappa shape index (κ2) is 5.14. The van der Waals surface area contributed by atoms with Crippen LogP contribution in [0.25, 0.3) is 0 Å². The van der Waals surface area contributed by atoms with Crippen LogP contribution in [0.2, 0.25) is 0 Å². The first kappa shape index (κ1) is 11.9. The molecule has 1 heterocycles. The molecular formula is C12H12BrN3O. The van der Waals surface area contributed by atoms with Crippen molar-refractivity contribution in [3.8, 4) is 0 Å². The first-order valence-electron chi connectivity index (χ1n) is 5.20. The molecular weight excluding hydrogens is 282 g/mol. The Bertz CT molecular complexity index is 523. The molecule has 0 atom stereocenters. The number of imidazole rings is 1. The van der Waals surface area contributed by atoms with Crippen molar-refractivity contribution in [2.24, 2.45) is 0 Å². The first-order valence-corrected chi connectivity index (χ1v) is 5.99. The highest BCUT2D eigenvalue weighted by Crippen LogP contribution is 2.23. The molecule has 0 aliphatic carbocycles. The van der Waals surface area contributed by atoms with E-state index in [1.165, 1.54) is 0 Å². The number of H-pyrrole nitrogens is 1. The predicted octanol–water partition coefficient (Wildman–Crippen LogP) is 2.66. The minimum atomic E-state index is -0.0823. The second-order valence-electron chi connectivity index (χ2n) is 3.67. The van der Waals surface area contributed by atoms with Gasteiger partial charge in [-0.3, -0.25) is 4.79 Å². The number of halogens is 1. The van der Waals surface area contributed by atoms with Gasteiger partial charge in [-0.25, -0.2) is 4.98 Å². The summed E-state index contributed by atoms with van der Waals surface area (Å²) in [5.74, 6) is 0.580. The maximum absolute atomic E-state index is 11.8. The van der Waals surface area contributed by atoms with Crippen LogP contribution < -0.4 is 5.32 Å². The molecule has 2 rings (SSSR count). The van der Waals surface area contributed by atoms with Gasteiger partial charge in [-0.2, -0.15) is 0 Å². The molecule has 1 amide bonds. The number of hydrogen-bond acceptors (Lipinski definition) is 2. The van der Waals surface area contributed by atoms with Gasteiger partial charge in [-0.15, -0.1) is 0 Å². The number of aromatic amines is 1. The zero-order valence-corrected chi connectivity index (χ0v) is 10.9. The monoisotopic (exact) mass is 293 g/mol. The van der Waals surface area contributed by atoms with E-state index in [-0.39, 0.29) is 12.3 Å². The van der Waals surface area contributed by atoms with Crippen LogP contribution in [0.1, 0.15) is 11.4 Å². The predicted molar refractivity (Wildman–Crippen MR) is 69.8 cm³/mol. The molecule has 4 nitrogen and oxygen atoms in total. The van der Waals surface area contributed by atoms with Crippen LogP contribution in [0.15, 0.2) is 35.1 Å². The molecule has 88 valence electrons. The third-order valence-corrected chi connectivity index (χ3v) is 3.28. The average Bonchev–Trinajstić information content (AvgIpc) is 2.77. The molecule has 17 heavy (non-hydrogen) atoms. The minimum Gasteiger partial charge on any atom is -0.348 e. The molecule has 2 aromatic rings. The molecule has 0 saturated heterocycles. The van der Waals surface area contributed by atoms with Gasteiger partial charge < -0.3 is 10.3 Å². The number of nitrogens with one attached hydrogen (secondary N) is 2. The lowest BCUT2D eigenvalue weighted by Gasteiger charge is -2.08. The molecule has 1 aromatic carbocycles. The Balaban J connectivity index is 2.06. The van der Waals surface area contributed by atoms with Gasteiger partial charge >= 0.3 is 0 Å². The van der Waals surface area contributed by atoms with E-state index in [1.807, 2.05) is 25.1 Å². The summed E-state index contributed by atoms with van der Waals surface area (Å²) in [5, 5.41) is 2.86. The number of aromatic nitrogens is 2. The van der Waals surface area contributed by atoms with Gasteiger partial charge in [-0.05, 0) is 24.6 Å². The van der Waals surface area contributed by atoms with Gasteiger partial charge in [0.25, 0.3) is 0 Å². The van der Waals surface area contributed by atoms with E-state index in [0.29, 0.717) is 5.82 Å². The molecule has 0 bridgehead atoms. The maximum Gasteiger partial charge on any atom is 0.231 e. The van der Waals surface area contributed by atoms with Crippen LogP contribution in [0, 0.1) is 6.92 Å². The van der Waals surface area contributed by atoms with Crippen LogP contribution in [0.4, 0.5) is 5.69 Å². The van der Waals surface area contributed by atoms with E-state index >= 15 is 0 Å². The summed E-state index contributed by atoms with van der Waals surface area (Å²) in [4.78, 5) is 18.7. The van der Waals surface area contributed by atoms with Crippen LogP contribution in [-0.2, 0) is 11.2 Å². The van der Waals surface area contributed by atoms with E-state index < -0.39 is 0 Å². The smallest absolute Gasteiger partial charge is 0.231 e. The summed E-state index contributed by atoms with van der Waals surface area (Å²) in [7, 11) is 0. The molecule has 2 N–H and O–H groups in total. The number of amides is 1. The topological polar surface area (TPSA) is 57.8 Å². The third kappa shape index (κ3) is 2.94. The fourth-order valence-corrected chi connectivity index (χ4v) is 1.85. The fourth-order valence-electron chi connectivity index (χ4n) is 1.48. The van der Waals surface area contributed by atoms with Gasteiger partial charge in [0.2, 0.25) is 5.91 Å². The zero-order valence-electron chi connectivity index (χ0n) is 9.33. The molecule has 0 saturated carbocycles. The zero-order chi connectivity index (χ0) is 12.3. The highest BCUT2D eigenvalue weighted by Gasteiger charge is 2.08. The van der Waals surface area contributed by atoms with Gasteiger partial charge in [0.15, 0.2) is 0 Å². The van der Waals surface area contributed by atoms with E-state index in [2.05, 4.69) is 31.2 Å². The number of anilines is 1. The molecule has 0 radical (unpaired) electrons. The van der Waals surface area contributed by atoms with Crippen molar-refractivity contribution in [2.45, 2.75) is 13.3 Å². The van der Waals surface area contributed by atoms with Gasteiger partial charge in [0.05, 0.1) is 6.42 Å². The normalized spacial score (nSPS) is 10.2. The number of carbonyl (C=O) groups is 1.